The van der Waals surface area contributed by atoms with Crippen molar-refractivity contribution in [3.05, 3.63) is 108 Å². The maximum atomic E-state index is 13.4. The highest BCUT2D eigenvalue weighted by molar-refractivity contribution is 5.82. The molecule has 0 aromatic heterocycles. The van der Waals surface area contributed by atoms with Gasteiger partial charge in [-0.3, -0.25) is 0 Å². The number of hydrogen-bond acceptors (Lipinski definition) is 17. The van der Waals surface area contributed by atoms with Gasteiger partial charge in [0.1, 0.15) is 54.7 Å². The smallest absolute Gasteiger partial charge is 0.331 e. The Morgan fingerprint density at radius 2 is 1.59 bits per heavy atom. The van der Waals surface area contributed by atoms with Gasteiger partial charge in [-0.05, 0) is 55.7 Å². The molecule has 354 valence electrons. The molecule has 0 amide bonds. The van der Waals surface area contributed by atoms with Crippen LogP contribution in [-0.2, 0) is 50.4 Å². The molecule has 9 N–H and O–H groups in total. The van der Waals surface area contributed by atoms with E-state index in [9.17, 15) is 55.5 Å². The molecule has 2 fully saturated rings. The van der Waals surface area contributed by atoms with Gasteiger partial charge < -0.3 is 74.4 Å². The van der Waals surface area contributed by atoms with Crippen molar-refractivity contribution >= 4 is 11.9 Å². The molecule has 1 aromatic carbocycles. The molecule has 0 bridgehead atoms. The number of allylic oxidation sites excluding steroid dienone is 9. The first-order valence-corrected chi connectivity index (χ1v) is 21.5. The van der Waals surface area contributed by atoms with Crippen molar-refractivity contribution in [1.82, 2.24) is 0 Å². The molecule has 17 heteroatoms. The Morgan fingerprint density at radius 1 is 0.875 bits per heavy atom. The predicted molar refractivity (Wildman–Crippen MR) is 231 cm³/mol. The first kappa shape index (κ1) is 52.1. The fraction of sp³-hybridized carbons (Fsp3) is 0.532. The van der Waals surface area contributed by atoms with Crippen LogP contribution in [0.1, 0.15) is 70.9 Å². The largest absolute Gasteiger partial charge is 0.508 e. The van der Waals surface area contributed by atoms with Gasteiger partial charge in [0.25, 0.3) is 0 Å². The van der Waals surface area contributed by atoms with Gasteiger partial charge in [0, 0.05) is 18.2 Å². The van der Waals surface area contributed by atoms with E-state index in [1.54, 1.807) is 31.2 Å². The molecule has 13 atom stereocenters. The number of carbonyl (C=O) groups excluding carboxylic acids is 2. The summed E-state index contributed by atoms with van der Waals surface area (Å²) in [5.74, 6) is -4.40. The van der Waals surface area contributed by atoms with Gasteiger partial charge in [0.15, 0.2) is 18.5 Å². The second kappa shape index (κ2) is 25.3. The van der Waals surface area contributed by atoms with Gasteiger partial charge in [-0.2, -0.15) is 0 Å². The van der Waals surface area contributed by atoms with Crippen molar-refractivity contribution in [2.75, 3.05) is 13.2 Å². The van der Waals surface area contributed by atoms with Crippen LogP contribution in [0.5, 0.6) is 11.5 Å². The number of aliphatic hydroxyl groups is 7. The lowest BCUT2D eigenvalue weighted by Gasteiger charge is -2.50. The Kier molecular flexibility index (Phi) is 20.6. The normalized spacial score (nSPS) is 30.4. The van der Waals surface area contributed by atoms with Crippen molar-refractivity contribution in [2.24, 2.45) is 5.92 Å². The molecule has 0 saturated carbocycles. The van der Waals surface area contributed by atoms with E-state index in [1.807, 2.05) is 19.1 Å². The number of ether oxygens (including phenoxy) is 6. The molecule has 4 rings (SSSR count). The van der Waals surface area contributed by atoms with Crippen LogP contribution < -0.4 is 0 Å². The summed E-state index contributed by atoms with van der Waals surface area (Å²) in [5.41, 5.74) is 0.834. The van der Waals surface area contributed by atoms with Crippen LogP contribution in [0, 0.1) is 5.92 Å². The summed E-state index contributed by atoms with van der Waals surface area (Å²) < 4.78 is 34.6. The van der Waals surface area contributed by atoms with Crippen molar-refractivity contribution < 1.29 is 84.0 Å². The van der Waals surface area contributed by atoms with Crippen molar-refractivity contribution in [2.45, 2.75) is 140 Å². The molecule has 1 spiro atoms. The summed E-state index contributed by atoms with van der Waals surface area (Å²) in [7, 11) is 0. The molecular formula is C47H64O17. The van der Waals surface area contributed by atoms with Crippen molar-refractivity contribution in [1.29, 1.82) is 0 Å². The van der Waals surface area contributed by atoms with Gasteiger partial charge in [0.2, 0.25) is 5.79 Å². The summed E-state index contributed by atoms with van der Waals surface area (Å²) >= 11 is 0. The van der Waals surface area contributed by atoms with E-state index in [-0.39, 0.29) is 29.9 Å². The van der Waals surface area contributed by atoms with Crippen LogP contribution in [0.4, 0.5) is 0 Å². The number of carbonyl (C=O) groups is 2. The third kappa shape index (κ3) is 14.0. The Labute approximate surface area is 373 Å². The SMILES string of the molecule is CCC(O)/C=C/C=C\C=C\C(=O)OC[C@@H]1O[C@@H](O[C@H]2[C@H](OC(=O)/C=C/C=C/CC(O)/C(C)=C/C=C/CCC(C)CC)[C@H](O)C3(OCc4cc(O)cc(O)c43)O[C@H]2CO)[C@@H](O)[C@@H](O)[C@H]1O. The number of fused-ring (bicyclic) bond motifs is 2. The monoisotopic (exact) mass is 900 g/mol. The van der Waals surface area contributed by atoms with Crippen molar-refractivity contribution in [3.8, 4) is 11.5 Å². The summed E-state index contributed by atoms with van der Waals surface area (Å²) in [6.07, 6.45) is 6.33. The summed E-state index contributed by atoms with van der Waals surface area (Å²) in [5, 5.41) is 96.3. The standard InChI is InChI=1S/C47H64O17/c1-5-28(3)17-11-9-12-18-29(4)33(51)20-14-10-16-22-38(54)62-44-43(35(25-48)64-47(45(44)58)39-30(26-60-47)23-32(50)24-34(39)52)63-46-42(57)41(56)40(55)36(61-46)27-59-37(53)21-15-8-7-13-19-31(49)6-2/h7-10,12-16,18-19,21-24,28,31,33,35-36,40-46,48-52,55-58H,5-6,11,17,20,25-27H2,1-4H3/b8-7-,12-9+,14-10+,19-13+,21-15+,22-16+,29-18+/t28?,31?,33?,35-,36-,40-,41-,42-,43+,44-,45-,46-,47?/m0/s1. The maximum Gasteiger partial charge on any atom is 0.331 e. The Hall–Kier alpha value is -4.50. The van der Waals surface area contributed by atoms with E-state index in [0.29, 0.717) is 12.3 Å². The molecule has 3 heterocycles. The second-order valence-electron chi connectivity index (χ2n) is 16.0. The zero-order chi connectivity index (χ0) is 47.0. The Bertz CT molecular complexity index is 1890. The first-order chi connectivity index (χ1) is 30.6. The highest BCUT2D eigenvalue weighted by Gasteiger charge is 2.63. The number of benzene rings is 1. The maximum absolute atomic E-state index is 13.4. The number of rotatable bonds is 21. The fourth-order valence-electron chi connectivity index (χ4n) is 7.09. The molecule has 4 unspecified atom stereocenters. The van der Waals surface area contributed by atoms with E-state index in [4.69, 9.17) is 28.4 Å². The zero-order valence-corrected chi connectivity index (χ0v) is 36.5. The van der Waals surface area contributed by atoms with Crippen LogP contribution in [0.3, 0.4) is 0 Å². The van der Waals surface area contributed by atoms with Gasteiger partial charge in [-0.15, -0.1) is 0 Å². The molecular weight excluding hydrogens is 837 g/mol. The summed E-state index contributed by atoms with van der Waals surface area (Å²) in [6, 6.07) is 2.25. The minimum absolute atomic E-state index is 0.121. The van der Waals surface area contributed by atoms with E-state index in [0.717, 1.165) is 43.1 Å². The molecule has 0 radical (unpaired) electrons. The van der Waals surface area contributed by atoms with Crippen LogP contribution in [0.2, 0.25) is 0 Å². The summed E-state index contributed by atoms with van der Waals surface area (Å²) in [6.45, 7) is 6.16. The number of phenolic OH excluding ortho intramolecular Hbond substituents is 2. The summed E-state index contributed by atoms with van der Waals surface area (Å²) in [4.78, 5) is 25.8. The van der Waals surface area contributed by atoms with E-state index >= 15 is 0 Å². The average molecular weight is 901 g/mol. The average Bonchev–Trinajstić information content (AvgIpc) is 3.64. The quantitative estimate of drug-likeness (QED) is 0.0488. The minimum Gasteiger partial charge on any atom is -0.508 e. The molecule has 64 heavy (non-hydrogen) atoms. The van der Waals surface area contributed by atoms with Crippen LogP contribution in [-0.4, -0.2) is 138 Å². The molecule has 3 aliphatic heterocycles. The lowest BCUT2D eigenvalue weighted by atomic mass is 9.86. The topological polar surface area (TPSA) is 272 Å². The van der Waals surface area contributed by atoms with Crippen LogP contribution in [0.15, 0.2) is 96.7 Å². The third-order valence-electron chi connectivity index (χ3n) is 11.2. The molecule has 3 aliphatic rings. The van der Waals surface area contributed by atoms with E-state index in [1.165, 1.54) is 30.4 Å². The highest BCUT2D eigenvalue weighted by Crippen LogP contribution is 2.51. The Balaban J connectivity index is 1.51. The van der Waals surface area contributed by atoms with Crippen LogP contribution in [0.25, 0.3) is 0 Å². The van der Waals surface area contributed by atoms with E-state index < -0.39 is 104 Å². The van der Waals surface area contributed by atoms with Gasteiger partial charge in [-0.25, -0.2) is 9.59 Å². The Morgan fingerprint density at radius 3 is 2.31 bits per heavy atom. The minimum atomic E-state index is -2.28. The van der Waals surface area contributed by atoms with Crippen molar-refractivity contribution in [3.63, 3.8) is 0 Å². The zero-order valence-electron chi connectivity index (χ0n) is 36.5. The predicted octanol–water partition coefficient (Wildman–Crippen LogP) is 2.81. The third-order valence-corrected chi connectivity index (χ3v) is 11.2. The molecule has 0 aliphatic carbocycles. The van der Waals surface area contributed by atoms with Gasteiger partial charge in [0.05, 0.1) is 31.0 Å². The van der Waals surface area contributed by atoms with Crippen LogP contribution >= 0.6 is 0 Å². The number of aromatic hydroxyl groups is 2. The number of esters is 2. The van der Waals surface area contributed by atoms with Gasteiger partial charge >= 0.3 is 11.9 Å². The molecule has 2 saturated heterocycles. The highest BCUT2D eigenvalue weighted by atomic mass is 16.8. The lowest BCUT2D eigenvalue weighted by molar-refractivity contribution is -0.395. The molecule has 17 nitrogen and oxygen atoms in total. The van der Waals surface area contributed by atoms with E-state index in [2.05, 4.69) is 19.9 Å². The molecule has 1 aromatic rings. The number of aliphatic hydroxyl groups excluding tert-OH is 7. The lowest BCUT2D eigenvalue weighted by Crippen LogP contribution is -2.67. The number of phenols is 2. The second-order valence-corrected chi connectivity index (χ2v) is 16.0. The first-order valence-electron chi connectivity index (χ1n) is 21.5. The van der Waals surface area contributed by atoms with Gasteiger partial charge in [-0.1, -0.05) is 94.0 Å². The number of hydrogen-bond donors (Lipinski definition) is 9. The fourth-order valence-corrected chi connectivity index (χ4v) is 7.09.